The molecule has 1 amide bonds. The third-order valence-corrected chi connectivity index (χ3v) is 5.54. The first-order valence-corrected chi connectivity index (χ1v) is 10.2. The molecule has 2 atom stereocenters. The van der Waals surface area contributed by atoms with Crippen LogP contribution in [0.25, 0.3) is 0 Å². The number of benzene rings is 1. The van der Waals surface area contributed by atoms with E-state index in [0.717, 1.165) is 0 Å². The fourth-order valence-corrected chi connectivity index (χ4v) is 3.83. The number of thiol groups is 1. The van der Waals surface area contributed by atoms with Crippen molar-refractivity contribution in [1.29, 1.82) is 0 Å². The Labute approximate surface area is 177 Å². The van der Waals surface area contributed by atoms with Crippen LogP contribution in [-0.4, -0.2) is 47.1 Å². The number of phenolic OH excluding ortho intramolecular Hbond substituents is 1. The third kappa shape index (κ3) is 4.96. The number of aromatic hydroxyl groups is 1. The van der Waals surface area contributed by atoms with Crippen molar-refractivity contribution < 1.29 is 28.7 Å². The fourth-order valence-electron chi connectivity index (χ4n) is 2.71. The lowest BCUT2D eigenvalue weighted by Crippen LogP contribution is -2.31. The normalized spacial score (nSPS) is 12.9. The van der Waals surface area contributed by atoms with Gasteiger partial charge in [-0.05, 0) is 19.6 Å². The Morgan fingerprint density at radius 2 is 2.07 bits per heavy atom. The molecule has 11 heteroatoms. The van der Waals surface area contributed by atoms with Crippen molar-refractivity contribution >= 4 is 36.3 Å². The summed E-state index contributed by atoms with van der Waals surface area (Å²) in [7, 11) is 2.67. The Morgan fingerprint density at radius 3 is 2.59 bits per heavy atom. The molecule has 158 valence electrons. The lowest BCUT2D eigenvalue weighted by atomic mass is 9.99. The van der Waals surface area contributed by atoms with Gasteiger partial charge in [-0.15, -0.1) is 11.8 Å². The van der Waals surface area contributed by atoms with Crippen molar-refractivity contribution in [3.63, 3.8) is 0 Å². The molecule has 0 fully saturated rings. The van der Waals surface area contributed by atoms with Crippen LogP contribution >= 0.6 is 24.4 Å². The minimum atomic E-state index is -1.01. The molecule has 0 radical (unpaired) electrons. The summed E-state index contributed by atoms with van der Waals surface area (Å²) in [5.74, 6) is -0.0403. The lowest BCUT2D eigenvalue weighted by Gasteiger charge is -2.24. The molecular formula is C18H23N3O6S2. The van der Waals surface area contributed by atoms with Crippen LogP contribution in [0.5, 0.6) is 11.5 Å². The van der Waals surface area contributed by atoms with E-state index in [1.165, 1.54) is 32.0 Å². The highest BCUT2D eigenvalue weighted by Gasteiger charge is 2.31. The second kappa shape index (κ2) is 9.88. The van der Waals surface area contributed by atoms with Crippen molar-refractivity contribution in [1.82, 2.24) is 15.5 Å². The maximum Gasteiger partial charge on any atom is 0.338 e. The molecule has 0 bridgehead atoms. The van der Waals surface area contributed by atoms with Gasteiger partial charge in [0.15, 0.2) is 11.1 Å². The van der Waals surface area contributed by atoms with E-state index in [0.29, 0.717) is 22.9 Å². The zero-order chi connectivity index (χ0) is 21.7. The van der Waals surface area contributed by atoms with Crippen LogP contribution in [0.1, 0.15) is 50.7 Å². The number of hydrogen-bond acceptors (Lipinski definition) is 10. The first kappa shape index (κ1) is 22.9. The molecule has 1 heterocycles. The molecule has 1 aromatic heterocycles. The monoisotopic (exact) mass is 441 g/mol. The van der Waals surface area contributed by atoms with Gasteiger partial charge in [-0.25, -0.2) is 4.79 Å². The highest BCUT2D eigenvalue weighted by Crippen LogP contribution is 2.41. The summed E-state index contributed by atoms with van der Waals surface area (Å²) in [5, 5.41) is 15.3. The molecule has 0 aliphatic heterocycles. The molecule has 0 spiro atoms. The first-order valence-electron chi connectivity index (χ1n) is 8.64. The van der Waals surface area contributed by atoms with Gasteiger partial charge < -0.3 is 24.4 Å². The molecule has 9 nitrogen and oxygen atoms in total. The van der Waals surface area contributed by atoms with Gasteiger partial charge in [-0.2, -0.15) is 17.6 Å². The molecule has 0 aliphatic carbocycles. The number of aromatic nitrogens is 2. The summed E-state index contributed by atoms with van der Waals surface area (Å²) in [6, 6.07) is 1.39. The molecule has 2 rings (SSSR count). The Balaban J connectivity index is 2.47. The minimum absolute atomic E-state index is 0.0481. The van der Waals surface area contributed by atoms with E-state index in [-0.39, 0.29) is 22.8 Å². The molecule has 1 aromatic carbocycles. The molecule has 2 aromatic rings. The number of hydrogen-bond donors (Lipinski definition) is 3. The maximum absolute atomic E-state index is 12.7. The summed E-state index contributed by atoms with van der Waals surface area (Å²) in [5.41, 5.74) is 0.829. The average Bonchev–Trinajstić information content (AvgIpc) is 3.13. The smallest absolute Gasteiger partial charge is 0.338 e. The van der Waals surface area contributed by atoms with Crippen LogP contribution in [0, 0.1) is 13.8 Å². The molecule has 0 saturated heterocycles. The van der Waals surface area contributed by atoms with Crippen LogP contribution < -0.4 is 10.1 Å². The minimum Gasteiger partial charge on any atom is -0.507 e. The Kier molecular flexibility index (Phi) is 7.80. The first-order chi connectivity index (χ1) is 13.7. The molecular weight excluding hydrogens is 418 g/mol. The van der Waals surface area contributed by atoms with E-state index < -0.39 is 22.5 Å². The highest BCUT2D eigenvalue weighted by atomic mass is 32.2. The van der Waals surface area contributed by atoms with Gasteiger partial charge in [0.1, 0.15) is 16.9 Å². The Hall–Kier alpha value is -2.40. The van der Waals surface area contributed by atoms with E-state index >= 15 is 0 Å². The van der Waals surface area contributed by atoms with Crippen molar-refractivity contribution in [2.24, 2.45) is 0 Å². The number of carbonyl (C=O) groups excluding carboxylic acids is 2. The van der Waals surface area contributed by atoms with E-state index in [1.54, 1.807) is 13.8 Å². The second-order valence-electron chi connectivity index (χ2n) is 5.93. The molecule has 0 saturated carbocycles. The molecule has 2 N–H and O–H groups in total. The third-order valence-electron chi connectivity index (χ3n) is 4.06. The van der Waals surface area contributed by atoms with E-state index in [1.807, 2.05) is 6.92 Å². The number of thioether (sulfide) groups is 1. The predicted octanol–water partition coefficient (Wildman–Crippen LogP) is 2.73. The van der Waals surface area contributed by atoms with Gasteiger partial charge in [0.2, 0.25) is 11.8 Å². The predicted molar refractivity (Wildman–Crippen MR) is 111 cm³/mol. The van der Waals surface area contributed by atoms with Crippen LogP contribution in [0.4, 0.5) is 0 Å². The van der Waals surface area contributed by atoms with E-state index in [9.17, 15) is 14.7 Å². The summed E-state index contributed by atoms with van der Waals surface area (Å²) in [6.45, 7) is 5.18. The average molecular weight is 442 g/mol. The molecule has 0 aliphatic rings. The number of ether oxygens (including phenoxy) is 2. The maximum atomic E-state index is 12.7. The summed E-state index contributed by atoms with van der Waals surface area (Å²) in [4.78, 5) is 29.2. The Bertz CT molecular complexity index is 902. The van der Waals surface area contributed by atoms with E-state index in [2.05, 4.69) is 28.1 Å². The number of esters is 1. The SMILES string of the molecule is CCSC(NC(=O)C(S)c1nc(C)no1)c1c(O)cc(OC)c(C)c1C(=O)OC. The molecule has 29 heavy (non-hydrogen) atoms. The van der Waals surface area contributed by atoms with Crippen LogP contribution in [0.3, 0.4) is 0 Å². The summed E-state index contributed by atoms with van der Waals surface area (Å²) < 4.78 is 15.1. The lowest BCUT2D eigenvalue weighted by molar-refractivity contribution is -0.121. The number of aryl methyl sites for hydroxylation is 1. The molecule has 2 unspecified atom stereocenters. The van der Waals surface area contributed by atoms with Gasteiger partial charge in [0.05, 0.1) is 19.8 Å². The zero-order valence-corrected chi connectivity index (χ0v) is 18.4. The van der Waals surface area contributed by atoms with Gasteiger partial charge in [-0.1, -0.05) is 12.1 Å². The van der Waals surface area contributed by atoms with Crippen molar-refractivity contribution in [3.8, 4) is 11.5 Å². The zero-order valence-electron chi connectivity index (χ0n) is 16.7. The number of carbonyl (C=O) groups is 2. The number of nitrogens with zero attached hydrogens (tertiary/aromatic N) is 2. The van der Waals surface area contributed by atoms with Crippen molar-refractivity contribution in [2.75, 3.05) is 20.0 Å². The number of nitrogens with one attached hydrogen (secondary N) is 1. The van der Waals surface area contributed by atoms with Gasteiger partial charge >= 0.3 is 5.97 Å². The van der Waals surface area contributed by atoms with Crippen LogP contribution in [-0.2, 0) is 9.53 Å². The van der Waals surface area contributed by atoms with Gasteiger partial charge in [-0.3, -0.25) is 4.79 Å². The van der Waals surface area contributed by atoms with Crippen molar-refractivity contribution in [2.45, 2.75) is 31.4 Å². The highest BCUT2D eigenvalue weighted by molar-refractivity contribution is 7.99. The van der Waals surface area contributed by atoms with E-state index in [4.69, 9.17) is 14.0 Å². The second-order valence-corrected chi connectivity index (χ2v) is 7.83. The van der Waals surface area contributed by atoms with Crippen molar-refractivity contribution in [3.05, 3.63) is 34.5 Å². The van der Waals surface area contributed by atoms with Gasteiger partial charge in [0, 0.05) is 17.2 Å². The number of rotatable bonds is 8. The number of methoxy groups -OCH3 is 2. The van der Waals surface area contributed by atoms with Gasteiger partial charge in [0.25, 0.3) is 0 Å². The topological polar surface area (TPSA) is 124 Å². The number of amides is 1. The van der Waals surface area contributed by atoms with Crippen LogP contribution in [0.2, 0.25) is 0 Å². The largest absolute Gasteiger partial charge is 0.507 e. The standard InChI is InChI=1S/C18H23N3O6S2/c1-6-29-17(20-15(23)14(28)16-19-9(3)21-27-16)13-10(22)7-11(25-4)8(2)12(13)18(24)26-5/h7,14,17,22,28H,6H2,1-5H3,(H,20,23). The fraction of sp³-hybridized carbons (Fsp3) is 0.444. The Morgan fingerprint density at radius 1 is 1.38 bits per heavy atom. The quantitative estimate of drug-likeness (QED) is 0.322. The summed E-state index contributed by atoms with van der Waals surface area (Å²) in [6.07, 6.45) is 0. The van der Waals surface area contributed by atoms with Crippen LogP contribution in [0.15, 0.2) is 10.6 Å². The number of phenols is 1. The summed E-state index contributed by atoms with van der Waals surface area (Å²) >= 11 is 5.57.